The van der Waals surface area contributed by atoms with E-state index in [1.165, 1.54) is 6.20 Å². The molecule has 0 aliphatic carbocycles. The molecule has 1 aliphatic rings. The number of pyridine rings is 1. The number of nitrogens with zero attached hydrogens (tertiary/aromatic N) is 2. The maximum Gasteiger partial charge on any atom is 0.234 e. The Kier molecular flexibility index (Phi) is 5.14. The van der Waals surface area contributed by atoms with Gasteiger partial charge in [0.05, 0.1) is 17.0 Å². The van der Waals surface area contributed by atoms with Crippen molar-refractivity contribution in [2.45, 2.75) is 25.8 Å². The van der Waals surface area contributed by atoms with Crippen molar-refractivity contribution in [3.05, 3.63) is 23.4 Å². The van der Waals surface area contributed by atoms with Crippen molar-refractivity contribution in [1.29, 1.82) is 0 Å². The Balaban J connectivity index is 1.95. The SMILES string of the molecule is C[C@@H](C(N)=O)N1CCC[C@H](C(=O)Nc2ccc(Cl)cn2)C1. The maximum atomic E-state index is 12.3. The molecule has 2 amide bonds. The van der Waals surface area contributed by atoms with Crippen LogP contribution in [0.2, 0.25) is 5.02 Å². The summed E-state index contributed by atoms with van der Waals surface area (Å²) in [6.45, 7) is 3.08. The van der Waals surface area contributed by atoms with Crippen molar-refractivity contribution >= 4 is 29.2 Å². The third kappa shape index (κ3) is 4.15. The Labute approximate surface area is 128 Å². The lowest BCUT2D eigenvalue weighted by Gasteiger charge is -2.34. The molecule has 0 spiro atoms. The molecule has 1 saturated heterocycles. The monoisotopic (exact) mass is 310 g/mol. The molecule has 2 rings (SSSR count). The van der Waals surface area contributed by atoms with Crippen molar-refractivity contribution in [3.8, 4) is 0 Å². The van der Waals surface area contributed by atoms with Crippen molar-refractivity contribution in [2.75, 3.05) is 18.4 Å². The van der Waals surface area contributed by atoms with E-state index in [1.807, 2.05) is 4.90 Å². The van der Waals surface area contributed by atoms with Gasteiger partial charge in [-0.15, -0.1) is 0 Å². The Hall–Kier alpha value is -1.66. The summed E-state index contributed by atoms with van der Waals surface area (Å²) < 4.78 is 0. The van der Waals surface area contributed by atoms with Crippen molar-refractivity contribution in [1.82, 2.24) is 9.88 Å². The number of carbonyl (C=O) groups is 2. The number of nitrogens with one attached hydrogen (secondary N) is 1. The van der Waals surface area contributed by atoms with Gasteiger partial charge in [-0.3, -0.25) is 14.5 Å². The Bertz CT molecular complexity index is 520. The van der Waals surface area contributed by atoms with Gasteiger partial charge in [0.25, 0.3) is 0 Å². The summed E-state index contributed by atoms with van der Waals surface area (Å²) in [4.78, 5) is 29.5. The van der Waals surface area contributed by atoms with E-state index < -0.39 is 0 Å². The second-order valence-electron chi connectivity index (χ2n) is 5.26. The summed E-state index contributed by atoms with van der Waals surface area (Å²) in [5.74, 6) is -0.149. The number of carbonyl (C=O) groups excluding carboxylic acids is 2. The second-order valence-corrected chi connectivity index (χ2v) is 5.70. The molecule has 2 atom stereocenters. The minimum Gasteiger partial charge on any atom is -0.368 e. The summed E-state index contributed by atoms with van der Waals surface area (Å²) in [7, 11) is 0. The van der Waals surface area contributed by atoms with Crippen LogP contribution in [0.25, 0.3) is 0 Å². The average molecular weight is 311 g/mol. The van der Waals surface area contributed by atoms with Crippen LogP contribution in [0.1, 0.15) is 19.8 Å². The Morgan fingerprint density at radius 3 is 2.90 bits per heavy atom. The number of amides is 2. The van der Waals surface area contributed by atoms with E-state index in [0.717, 1.165) is 19.4 Å². The molecule has 3 N–H and O–H groups in total. The van der Waals surface area contributed by atoms with E-state index in [2.05, 4.69) is 10.3 Å². The van der Waals surface area contributed by atoms with Gasteiger partial charge in [0, 0.05) is 12.7 Å². The number of rotatable bonds is 4. The van der Waals surface area contributed by atoms with E-state index in [4.69, 9.17) is 17.3 Å². The highest BCUT2D eigenvalue weighted by molar-refractivity contribution is 6.30. The molecule has 0 aromatic carbocycles. The number of piperidine rings is 1. The average Bonchev–Trinajstić information content (AvgIpc) is 2.48. The lowest BCUT2D eigenvalue weighted by molar-refractivity contribution is -0.127. The normalized spacial score (nSPS) is 20.8. The fourth-order valence-electron chi connectivity index (χ4n) is 2.43. The molecule has 114 valence electrons. The van der Waals surface area contributed by atoms with Crippen LogP contribution in [0.15, 0.2) is 18.3 Å². The summed E-state index contributed by atoms with van der Waals surface area (Å²) in [5.41, 5.74) is 5.32. The molecular formula is C14H19ClN4O2. The highest BCUT2D eigenvalue weighted by Crippen LogP contribution is 2.20. The number of hydrogen-bond acceptors (Lipinski definition) is 4. The molecule has 1 aliphatic heterocycles. The largest absolute Gasteiger partial charge is 0.368 e. The highest BCUT2D eigenvalue weighted by atomic mass is 35.5. The van der Waals surface area contributed by atoms with Crippen LogP contribution in [0.5, 0.6) is 0 Å². The smallest absolute Gasteiger partial charge is 0.234 e. The van der Waals surface area contributed by atoms with Crippen LogP contribution in [0.3, 0.4) is 0 Å². The Morgan fingerprint density at radius 1 is 1.52 bits per heavy atom. The van der Waals surface area contributed by atoms with Gasteiger partial charge in [-0.2, -0.15) is 0 Å². The van der Waals surface area contributed by atoms with Gasteiger partial charge < -0.3 is 11.1 Å². The van der Waals surface area contributed by atoms with E-state index in [0.29, 0.717) is 17.4 Å². The van der Waals surface area contributed by atoms with Crippen LogP contribution in [0.4, 0.5) is 5.82 Å². The van der Waals surface area contributed by atoms with Crippen molar-refractivity contribution < 1.29 is 9.59 Å². The number of nitrogens with two attached hydrogens (primary N) is 1. The molecule has 21 heavy (non-hydrogen) atoms. The number of primary amides is 1. The molecule has 2 heterocycles. The number of likely N-dealkylation sites (tertiary alicyclic amines) is 1. The summed E-state index contributed by atoms with van der Waals surface area (Å²) in [6, 6.07) is 2.98. The first-order valence-corrected chi connectivity index (χ1v) is 7.31. The van der Waals surface area contributed by atoms with Crippen molar-refractivity contribution in [3.63, 3.8) is 0 Å². The molecule has 1 aromatic rings. The minimum atomic E-state index is -0.365. The third-order valence-corrected chi connectivity index (χ3v) is 3.99. The van der Waals surface area contributed by atoms with Gasteiger partial charge in [0.15, 0.2) is 0 Å². The number of aromatic nitrogens is 1. The van der Waals surface area contributed by atoms with Crippen LogP contribution < -0.4 is 11.1 Å². The van der Waals surface area contributed by atoms with Gasteiger partial charge in [-0.05, 0) is 38.4 Å². The van der Waals surface area contributed by atoms with Crippen LogP contribution >= 0.6 is 11.6 Å². The van der Waals surface area contributed by atoms with Crippen LogP contribution in [-0.2, 0) is 9.59 Å². The predicted molar refractivity (Wildman–Crippen MR) is 80.8 cm³/mol. The molecule has 0 bridgehead atoms. The fraction of sp³-hybridized carbons (Fsp3) is 0.500. The zero-order chi connectivity index (χ0) is 15.4. The second kappa shape index (κ2) is 6.87. The molecule has 6 nitrogen and oxygen atoms in total. The molecular weight excluding hydrogens is 292 g/mol. The third-order valence-electron chi connectivity index (χ3n) is 3.76. The standard InChI is InChI=1S/C14H19ClN4O2/c1-9(13(16)20)19-6-2-3-10(8-19)14(21)18-12-5-4-11(15)7-17-12/h4-5,7,9-10H,2-3,6,8H2,1H3,(H2,16,20)(H,17,18,21)/t9-,10-/m0/s1. The molecule has 7 heteroatoms. The molecule has 0 radical (unpaired) electrons. The summed E-state index contributed by atoms with van der Waals surface area (Å²) in [5, 5.41) is 3.30. The van der Waals surface area contributed by atoms with E-state index >= 15 is 0 Å². The summed E-state index contributed by atoms with van der Waals surface area (Å²) >= 11 is 5.75. The van der Waals surface area contributed by atoms with Crippen molar-refractivity contribution in [2.24, 2.45) is 11.7 Å². The minimum absolute atomic E-state index is 0.0915. The predicted octanol–water partition coefficient (Wildman–Crippen LogP) is 1.26. The van der Waals surface area contributed by atoms with Crippen LogP contribution in [-0.4, -0.2) is 40.8 Å². The molecule has 0 saturated carbocycles. The number of anilines is 1. The zero-order valence-corrected chi connectivity index (χ0v) is 12.6. The number of hydrogen-bond donors (Lipinski definition) is 2. The zero-order valence-electron chi connectivity index (χ0n) is 11.9. The highest BCUT2D eigenvalue weighted by Gasteiger charge is 2.30. The van der Waals surface area contributed by atoms with Gasteiger partial charge >= 0.3 is 0 Å². The topological polar surface area (TPSA) is 88.3 Å². The molecule has 1 fully saturated rings. The quantitative estimate of drug-likeness (QED) is 0.876. The maximum absolute atomic E-state index is 12.3. The fourth-order valence-corrected chi connectivity index (χ4v) is 2.54. The Morgan fingerprint density at radius 2 is 2.29 bits per heavy atom. The van der Waals surface area contributed by atoms with Gasteiger partial charge in [-0.1, -0.05) is 11.6 Å². The van der Waals surface area contributed by atoms with E-state index in [1.54, 1.807) is 19.1 Å². The first-order valence-electron chi connectivity index (χ1n) is 6.93. The molecule has 0 unspecified atom stereocenters. The summed E-state index contributed by atoms with van der Waals surface area (Å²) in [6.07, 6.45) is 3.14. The lowest BCUT2D eigenvalue weighted by Crippen LogP contribution is -2.49. The molecule has 1 aromatic heterocycles. The first-order chi connectivity index (χ1) is 9.97. The number of halogens is 1. The van der Waals surface area contributed by atoms with Gasteiger partial charge in [-0.25, -0.2) is 4.98 Å². The lowest BCUT2D eigenvalue weighted by atomic mass is 9.96. The van der Waals surface area contributed by atoms with E-state index in [9.17, 15) is 9.59 Å². The van der Waals surface area contributed by atoms with Gasteiger partial charge in [0.1, 0.15) is 5.82 Å². The van der Waals surface area contributed by atoms with Gasteiger partial charge in [0.2, 0.25) is 11.8 Å². The van der Waals surface area contributed by atoms with Crippen LogP contribution in [0, 0.1) is 5.92 Å². The van der Waals surface area contributed by atoms with E-state index in [-0.39, 0.29) is 23.8 Å². The first kappa shape index (κ1) is 15.7.